The molecule has 160 valence electrons. The van der Waals surface area contributed by atoms with Crippen LogP contribution in [-0.2, 0) is 9.59 Å². The van der Waals surface area contributed by atoms with Crippen molar-refractivity contribution in [1.82, 2.24) is 0 Å². The molecule has 1 atom stereocenters. The SMILES string of the molecule is CC(CCCCCCCCCCC(=O)O)CCCCCCCCCC(=O)O. The Kier molecular flexibility index (Phi) is 18.9. The van der Waals surface area contributed by atoms with Crippen LogP contribution in [0, 0.1) is 5.92 Å². The zero-order chi connectivity index (χ0) is 20.2. The molecule has 0 heterocycles. The Morgan fingerprint density at radius 3 is 1.07 bits per heavy atom. The number of unbranched alkanes of at least 4 members (excludes halogenated alkanes) is 13. The summed E-state index contributed by atoms with van der Waals surface area (Å²) in [6, 6.07) is 0. The van der Waals surface area contributed by atoms with Crippen molar-refractivity contribution in [2.75, 3.05) is 0 Å². The first-order valence-electron chi connectivity index (χ1n) is 11.5. The normalized spacial score (nSPS) is 12.2. The van der Waals surface area contributed by atoms with E-state index in [0.717, 1.165) is 31.6 Å². The van der Waals surface area contributed by atoms with Crippen LogP contribution < -0.4 is 0 Å². The number of hydrogen-bond donors (Lipinski definition) is 2. The van der Waals surface area contributed by atoms with Gasteiger partial charge in [-0.1, -0.05) is 103 Å². The molecular weight excluding hydrogens is 340 g/mol. The van der Waals surface area contributed by atoms with Gasteiger partial charge in [0.05, 0.1) is 0 Å². The second-order valence-electron chi connectivity index (χ2n) is 8.27. The largest absolute Gasteiger partial charge is 0.481 e. The number of hydrogen-bond acceptors (Lipinski definition) is 2. The van der Waals surface area contributed by atoms with Crippen LogP contribution in [-0.4, -0.2) is 22.2 Å². The summed E-state index contributed by atoms with van der Waals surface area (Å²) in [5.74, 6) is -0.495. The van der Waals surface area contributed by atoms with Gasteiger partial charge in [-0.3, -0.25) is 9.59 Å². The molecule has 0 saturated heterocycles. The second kappa shape index (κ2) is 19.7. The molecular formula is C23H44O4. The zero-order valence-electron chi connectivity index (χ0n) is 17.7. The van der Waals surface area contributed by atoms with E-state index in [1.807, 2.05) is 0 Å². The summed E-state index contributed by atoms with van der Waals surface area (Å²) in [5, 5.41) is 17.2. The Morgan fingerprint density at radius 1 is 0.519 bits per heavy atom. The van der Waals surface area contributed by atoms with E-state index in [0.29, 0.717) is 12.8 Å². The molecule has 0 aliphatic heterocycles. The fourth-order valence-electron chi connectivity index (χ4n) is 3.63. The van der Waals surface area contributed by atoms with Crippen LogP contribution in [0.4, 0.5) is 0 Å². The van der Waals surface area contributed by atoms with Gasteiger partial charge in [0.15, 0.2) is 0 Å². The van der Waals surface area contributed by atoms with E-state index in [-0.39, 0.29) is 0 Å². The van der Waals surface area contributed by atoms with Crippen molar-refractivity contribution in [3.05, 3.63) is 0 Å². The van der Waals surface area contributed by atoms with Crippen LogP contribution in [0.5, 0.6) is 0 Å². The van der Waals surface area contributed by atoms with E-state index in [1.165, 1.54) is 83.5 Å². The van der Waals surface area contributed by atoms with Gasteiger partial charge in [-0.2, -0.15) is 0 Å². The maximum absolute atomic E-state index is 10.4. The molecule has 0 saturated carbocycles. The smallest absolute Gasteiger partial charge is 0.303 e. The first kappa shape index (κ1) is 25.9. The molecule has 0 bridgehead atoms. The zero-order valence-corrected chi connectivity index (χ0v) is 17.7. The van der Waals surface area contributed by atoms with Gasteiger partial charge in [0.1, 0.15) is 0 Å². The first-order valence-corrected chi connectivity index (χ1v) is 11.5. The Labute approximate surface area is 167 Å². The third-order valence-electron chi connectivity index (χ3n) is 5.43. The Bertz CT molecular complexity index is 354. The maximum Gasteiger partial charge on any atom is 0.303 e. The fraction of sp³-hybridized carbons (Fsp3) is 0.913. The molecule has 0 aromatic heterocycles. The Morgan fingerprint density at radius 2 is 0.778 bits per heavy atom. The van der Waals surface area contributed by atoms with E-state index in [1.54, 1.807) is 0 Å². The molecule has 2 N–H and O–H groups in total. The summed E-state index contributed by atoms with van der Waals surface area (Å²) >= 11 is 0. The average molecular weight is 385 g/mol. The lowest BCUT2D eigenvalue weighted by Crippen LogP contribution is -1.95. The van der Waals surface area contributed by atoms with E-state index in [4.69, 9.17) is 10.2 Å². The molecule has 4 heteroatoms. The van der Waals surface area contributed by atoms with Gasteiger partial charge in [0.2, 0.25) is 0 Å². The molecule has 0 radical (unpaired) electrons. The van der Waals surface area contributed by atoms with Crippen molar-refractivity contribution in [2.45, 2.75) is 129 Å². The second-order valence-corrected chi connectivity index (χ2v) is 8.27. The van der Waals surface area contributed by atoms with Gasteiger partial charge in [0, 0.05) is 12.8 Å². The quantitative estimate of drug-likeness (QED) is 0.205. The van der Waals surface area contributed by atoms with Crippen molar-refractivity contribution in [3.63, 3.8) is 0 Å². The monoisotopic (exact) mass is 384 g/mol. The lowest BCUT2D eigenvalue weighted by molar-refractivity contribution is -0.138. The van der Waals surface area contributed by atoms with Gasteiger partial charge < -0.3 is 10.2 Å². The summed E-state index contributed by atoms with van der Waals surface area (Å²) in [5.41, 5.74) is 0. The van der Waals surface area contributed by atoms with Crippen molar-refractivity contribution >= 4 is 11.9 Å². The van der Waals surface area contributed by atoms with Crippen LogP contribution in [0.2, 0.25) is 0 Å². The third-order valence-corrected chi connectivity index (χ3v) is 5.43. The van der Waals surface area contributed by atoms with Gasteiger partial charge >= 0.3 is 11.9 Å². The van der Waals surface area contributed by atoms with Crippen molar-refractivity contribution in [1.29, 1.82) is 0 Å². The van der Waals surface area contributed by atoms with E-state index in [2.05, 4.69) is 6.92 Å². The molecule has 0 fully saturated rings. The van der Waals surface area contributed by atoms with Crippen LogP contribution in [0.25, 0.3) is 0 Å². The van der Waals surface area contributed by atoms with Crippen molar-refractivity contribution in [2.24, 2.45) is 5.92 Å². The van der Waals surface area contributed by atoms with E-state index >= 15 is 0 Å². The van der Waals surface area contributed by atoms with Crippen LogP contribution in [0.3, 0.4) is 0 Å². The summed E-state index contributed by atoms with van der Waals surface area (Å²) in [6.07, 6.45) is 21.3. The van der Waals surface area contributed by atoms with Gasteiger partial charge in [-0.15, -0.1) is 0 Å². The number of carboxylic acid groups (broad SMARTS) is 2. The fourth-order valence-corrected chi connectivity index (χ4v) is 3.63. The maximum atomic E-state index is 10.4. The summed E-state index contributed by atoms with van der Waals surface area (Å²) in [6.45, 7) is 2.38. The van der Waals surface area contributed by atoms with E-state index < -0.39 is 11.9 Å². The summed E-state index contributed by atoms with van der Waals surface area (Å²) in [7, 11) is 0. The minimum Gasteiger partial charge on any atom is -0.481 e. The van der Waals surface area contributed by atoms with Crippen LogP contribution >= 0.6 is 0 Å². The Hall–Kier alpha value is -1.06. The topological polar surface area (TPSA) is 74.6 Å². The van der Waals surface area contributed by atoms with Crippen molar-refractivity contribution < 1.29 is 19.8 Å². The highest BCUT2D eigenvalue weighted by Gasteiger charge is 2.03. The first-order chi connectivity index (χ1) is 13.0. The molecule has 0 aromatic rings. The molecule has 0 aromatic carbocycles. The number of carbonyl (C=O) groups is 2. The minimum absolute atomic E-state index is 0.324. The standard InChI is InChI=1S/C23H44O4/c1-21(18-14-10-6-4-8-12-16-20-23(26)27)17-13-9-5-2-3-7-11-15-19-22(24)25/h21H,2-20H2,1H3,(H,24,25)(H,26,27). The van der Waals surface area contributed by atoms with Gasteiger partial charge in [-0.25, -0.2) is 0 Å². The average Bonchev–Trinajstić information content (AvgIpc) is 2.61. The molecule has 0 spiro atoms. The predicted octanol–water partition coefficient (Wildman–Crippen LogP) is 7.20. The number of aliphatic carboxylic acids is 2. The molecule has 0 rings (SSSR count). The molecule has 0 amide bonds. The third kappa shape index (κ3) is 22.9. The predicted molar refractivity (Wildman–Crippen MR) is 112 cm³/mol. The lowest BCUT2D eigenvalue weighted by atomic mass is 9.95. The minimum atomic E-state index is -0.669. The van der Waals surface area contributed by atoms with Gasteiger partial charge in [0.25, 0.3) is 0 Å². The van der Waals surface area contributed by atoms with Crippen molar-refractivity contribution in [3.8, 4) is 0 Å². The molecule has 0 aliphatic rings. The van der Waals surface area contributed by atoms with E-state index in [9.17, 15) is 9.59 Å². The molecule has 0 aliphatic carbocycles. The molecule has 27 heavy (non-hydrogen) atoms. The lowest BCUT2D eigenvalue weighted by Gasteiger charge is -2.11. The highest BCUT2D eigenvalue weighted by atomic mass is 16.4. The number of carboxylic acids is 2. The highest BCUT2D eigenvalue weighted by Crippen LogP contribution is 2.19. The number of rotatable bonds is 21. The molecule has 1 unspecified atom stereocenters. The van der Waals surface area contributed by atoms with Crippen LogP contribution in [0.15, 0.2) is 0 Å². The Balaban J connectivity index is 3.18. The van der Waals surface area contributed by atoms with Crippen LogP contribution in [0.1, 0.15) is 129 Å². The molecule has 4 nitrogen and oxygen atoms in total. The summed E-state index contributed by atoms with van der Waals surface area (Å²) < 4.78 is 0. The summed E-state index contributed by atoms with van der Waals surface area (Å²) in [4.78, 5) is 20.8. The van der Waals surface area contributed by atoms with Gasteiger partial charge in [-0.05, 0) is 18.8 Å². The highest BCUT2D eigenvalue weighted by molar-refractivity contribution is 5.66.